The van der Waals surface area contributed by atoms with E-state index in [4.69, 9.17) is 17.3 Å². The van der Waals surface area contributed by atoms with E-state index in [-0.39, 0.29) is 11.9 Å². The highest BCUT2D eigenvalue weighted by Crippen LogP contribution is 2.21. The largest absolute Gasteiger partial charge is 0.342 e. The second-order valence-electron chi connectivity index (χ2n) is 5.31. The third-order valence-electron chi connectivity index (χ3n) is 3.83. The Kier molecular flexibility index (Phi) is 5.40. The molecule has 20 heavy (non-hydrogen) atoms. The lowest BCUT2D eigenvalue weighted by molar-refractivity contribution is -0.131. The number of halogens is 1. The molecule has 0 aliphatic carbocycles. The molecule has 5 heteroatoms. The van der Waals surface area contributed by atoms with Crippen LogP contribution in [0.15, 0.2) is 24.3 Å². The first-order valence-electron chi connectivity index (χ1n) is 7.05. The highest BCUT2D eigenvalue weighted by Gasteiger charge is 2.23. The highest BCUT2D eigenvalue weighted by atomic mass is 35.5. The van der Waals surface area contributed by atoms with Gasteiger partial charge in [0.05, 0.1) is 6.54 Å². The van der Waals surface area contributed by atoms with E-state index >= 15 is 0 Å². The molecular formula is C15H22ClN3O. The monoisotopic (exact) mass is 295 g/mol. The summed E-state index contributed by atoms with van der Waals surface area (Å²) >= 11 is 6.03. The van der Waals surface area contributed by atoms with E-state index in [0.717, 1.165) is 31.5 Å². The van der Waals surface area contributed by atoms with E-state index in [1.807, 2.05) is 41.1 Å². The molecule has 1 aromatic rings. The molecule has 1 atom stereocenters. The first-order valence-corrected chi connectivity index (χ1v) is 7.43. The van der Waals surface area contributed by atoms with Crippen LogP contribution < -0.4 is 5.73 Å². The van der Waals surface area contributed by atoms with Crippen LogP contribution in [0.2, 0.25) is 5.02 Å². The van der Waals surface area contributed by atoms with Gasteiger partial charge < -0.3 is 10.6 Å². The van der Waals surface area contributed by atoms with Crippen LogP contribution in [0.3, 0.4) is 0 Å². The summed E-state index contributed by atoms with van der Waals surface area (Å²) in [5.41, 5.74) is 6.93. The Bertz CT molecular complexity index is 460. The van der Waals surface area contributed by atoms with E-state index in [0.29, 0.717) is 18.1 Å². The Morgan fingerprint density at radius 3 is 2.75 bits per heavy atom. The van der Waals surface area contributed by atoms with E-state index in [1.165, 1.54) is 0 Å². The van der Waals surface area contributed by atoms with E-state index in [1.54, 1.807) is 0 Å². The van der Waals surface area contributed by atoms with Crippen molar-refractivity contribution >= 4 is 17.5 Å². The molecule has 0 spiro atoms. The fourth-order valence-electron chi connectivity index (χ4n) is 2.67. The van der Waals surface area contributed by atoms with Crippen molar-refractivity contribution in [3.8, 4) is 0 Å². The third-order valence-corrected chi connectivity index (χ3v) is 4.07. The zero-order chi connectivity index (χ0) is 14.5. The van der Waals surface area contributed by atoms with Gasteiger partial charge in [0.1, 0.15) is 0 Å². The first kappa shape index (κ1) is 15.3. The SMILES string of the molecule is CN(CC(=O)N1CCCC1)C(CN)c1cccc(Cl)c1. The minimum atomic E-state index is 0.0141. The van der Waals surface area contributed by atoms with Crippen LogP contribution >= 0.6 is 11.6 Å². The lowest BCUT2D eigenvalue weighted by atomic mass is 10.1. The van der Waals surface area contributed by atoms with Crippen molar-refractivity contribution in [1.29, 1.82) is 0 Å². The Labute approximate surface area is 125 Å². The number of benzene rings is 1. The van der Waals surface area contributed by atoms with Crippen molar-refractivity contribution in [3.63, 3.8) is 0 Å². The van der Waals surface area contributed by atoms with Crippen molar-refractivity contribution < 1.29 is 4.79 Å². The number of nitrogens with two attached hydrogens (primary N) is 1. The zero-order valence-electron chi connectivity index (χ0n) is 11.9. The van der Waals surface area contributed by atoms with Crippen molar-refractivity contribution in [3.05, 3.63) is 34.9 Å². The van der Waals surface area contributed by atoms with Crippen LogP contribution in [0.25, 0.3) is 0 Å². The van der Waals surface area contributed by atoms with E-state index in [2.05, 4.69) is 0 Å². The van der Waals surface area contributed by atoms with Gasteiger partial charge >= 0.3 is 0 Å². The quantitative estimate of drug-likeness (QED) is 0.902. The number of hydrogen-bond donors (Lipinski definition) is 1. The van der Waals surface area contributed by atoms with Gasteiger partial charge in [-0.2, -0.15) is 0 Å². The molecule has 1 unspecified atom stereocenters. The summed E-state index contributed by atoms with van der Waals surface area (Å²) in [5.74, 6) is 0.186. The van der Waals surface area contributed by atoms with Crippen molar-refractivity contribution in [1.82, 2.24) is 9.80 Å². The molecule has 1 aliphatic rings. The number of likely N-dealkylation sites (tertiary alicyclic amines) is 1. The van der Waals surface area contributed by atoms with Gasteiger partial charge in [0.25, 0.3) is 0 Å². The smallest absolute Gasteiger partial charge is 0.236 e. The van der Waals surface area contributed by atoms with Crippen molar-refractivity contribution in [2.45, 2.75) is 18.9 Å². The maximum atomic E-state index is 12.2. The maximum absolute atomic E-state index is 12.2. The Morgan fingerprint density at radius 1 is 1.45 bits per heavy atom. The zero-order valence-corrected chi connectivity index (χ0v) is 12.6. The summed E-state index contributed by atoms with van der Waals surface area (Å²) in [6, 6.07) is 7.68. The fraction of sp³-hybridized carbons (Fsp3) is 0.533. The van der Waals surface area contributed by atoms with Gasteiger partial charge in [0, 0.05) is 30.7 Å². The number of rotatable bonds is 5. The second kappa shape index (κ2) is 7.07. The molecule has 1 saturated heterocycles. The molecule has 2 N–H and O–H groups in total. The van der Waals surface area contributed by atoms with Crippen molar-refractivity contribution in [2.24, 2.45) is 5.73 Å². The van der Waals surface area contributed by atoms with Crippen LogP contribution in [-0.4, -0.2) is 48.9 Å². The lowest BCUT2D eigenvalue weighted by Gasteiger charge is -2.28. The number of carbonyl (C=O) groups is 1. The second-order valence-corrected chi connectivity index (χ2v) is 5.75. The van der Waals surface area contributed by atoms with Crippen LogP contribution in [0.1, 0.15) is 24.4 Å². The van der Waals surface area contributed by atoms with Gasteiger partial charge in [-0.15, -0.1) is 0 Å². The highest BCUT2D eigenvalue weighted by molar-refractivity contribution is 6.30. The van der Waals surface area contributed by atoms with E-state index < -0.39 is 0 Å². The van der Waals surface area contributed by atoms with Crippen molar-refractivity contribution in [2.75, 3.05) is 33.2 Å². The molecule has 0 radical (unpaired) electrons. The summed E-state index contributed by atoms with van der Waals surface area (Å²) < 4.78 is 0. The molecule has 0 bridgehead atoms. The first-order chi connectivity index (χ1) is 9.61. The Morgan fingerprint density at radius 2 is 2.15 bits per heavy atom. The molecule has 4 nitrogen and oxygen atoms in total. The molecule has 0 saturated carbocycles. The van der Waals surface area contributed by atoms with Gasteiger partial charge in [-0.3, -0.25) is 9.69 Å². The van der Waals surface area contributed by atoms with Crippen LogP contribution in [0.4, 0.5) is 0 Å². The summed E-state index contributed by atoms with van der Waals surface area (Å²) in [4.78, 5) is 16.1. The molecule has 1 amide bonds. The fourth-order valence-corrected chi connectivity index (χ4v) is 2.87. The van der Waals surface area contributed by atoms with Crippen LogP contribution in [0.5, 0.6) is 0 Å². The number of hydrogen-bond acceptors (Lipinski definition) is 3. The van der Waals surface area contributed by atoms with Gasteiger partial charge in [-0.05, 0) is 37.6 Å². The van der Waals surface area contributed by atoms with Gasteiger partial charge in [0.15, 0.2) is 0 Å². The number of carbonyl (C=O) groups excluding carboxylic acids is 1. The summed E-state index contributed by atoms with van der Waals surface area (Å²) in [5, 5.41) is 0.695. The van der Waals surface area contributed by atoms with Gasteiger partial charge in [0.2, 0.25) is 5.91 Å². The Hall–Kier alpha value is -1.10. The van der Waals surface area contributed by atoms with Crippen LogP contribution in [0, 0.1) is 0 Å². The van der Waals surface area contributed by atoms with Gasteiger partial charge in [-0.25, -0.2) is 0 Å². The summed E-state index contributed by atoms with van der Waals surface area (Å²) in [6.07, 6.45) is 2.23. The predicted octanol–water partition coefficient (Wildman–Crippen LogP) is 1.89. The molecule has 2 rings (SSSR count). The topological polar surface area (TPSA) is 49.6 Å². The summed E-state index contributed by atoms with van der Waals surface area (Å²) in [6.45, 7) is 2.63. The molecule has 1 aliphatic heterocycles. The van der Waals surface area contributed by atoms with Crippen LogP contribution in [-0.2, 0) is 4.79 Å². The average molecular weight is 296 g/mol. The summed E-state index contributed by atoms with van der Waals surface area (Å²) in [7, 11) is 1.94. The minimum absolute atomic E-state index is 0.0141. The predicted molar refractivity (Wildman–Crippen MR) is 81.7 cm³/mol. The molecule has 1 fully saturated rings. The Balaban J connectivity index is 2.01. The molecule has 1 aromatic carbocycles. The molecule has 1 heterocycles. The third kappa shape index (κ3) is 3.72. The number of nitrogens with zero attached hydrogens (tertiary/aromatic N) is 2. The number of likely N-dealkylation sites (N-methyl/N-ethyl adjacent to an activating group) is 1. The normalized spacial score (nSPS) is 16.7. The molecular weight excluding hydrogens is 274 g/mol. The minimum Gasteiger partial charge on any atom is -0.342 e. The average Bonchev–Trinajstić information content (AvgIpc) is 2.93. The lowest BCUT2D eigenvalue weighted by Crippen LogP contribution is -2.40. The van der Waals surface area contributed by atoms with E-state index in [9.17, 15) is 4.79 Å². The maximum Gasteiger partial charge on any atom is 0.236 e. The number of amides is 1. The molecule has 110 valence electrons. The van der Waals surface area contributed by atoms with Gasteiger partial charge in [-0.1, -0.05) is 23.7 Å². The standard InChI is InChI=1S/C15H22ClN3O/c1-18(11-15(20)19-7-2-3-8-19)14(10-17)12-5-4-6-13(16)9-12/h4-6,9,14H,2-3,7-8,10-11,17H2,1H3. The molecule has 0 aromatic heterocycles.